The molecule has 0 fully saturated rings. The van der Waals surface area contributed by atoms with Crippen LogP contribution in [0.5, 0.6) is 5.75 Å². The molecule has 0 atom stereocenters. The smallest absolute Gasteiger partial charge is 0.281 e. The molecule has 1 aromatic heterocycles. The van der Waals surface area contributed by atoms with Gasteiger partial charge in [-0.15, -0.1) is 0 Å². The predicted octanol–water partition coefficient (Wildman–Crippen LogP) is 2.38. The highest BCUT2D eigenvalue weighted by atomic mass is 32.2. The summed E-state index contributed by atoms with van der Waals surface area (Å²) in [5, 5.41) is -0.0723. The third-order valence-corrected chi connectivity index (χ3v) is 5.03. The highest BCUT2D eigenvalue weighted by Gasteiger charge is 2.22. The molecule has 0 bridgehead atoms. The van der Waals surface area contributed by atoms with Crippen LogP contribution in [0, 0.1) is 0 Å². The monoisotopic (exact) mass is 358 g/mol. The molecule has 3 N–H and O–H groups in total. The molecule has 0 aliphatic carbocycles. The van der Waals surface area contributed by atoms with Crippen LogP contribution in [0.15, 0.2) is 66.0 Å². The van der Waals surface area contributed by atoms with Gasteiger partial charge in [-0.05, 0) is 29.8 Å². The van der Waals surface area contributed by atoms with Gasteiger partial charge in [0.2, 0.25) is 0 Å². The molecule has 0 spiro atoms. The summed E-state index contributed by atoms with van der Waals surface area (Å²) in [4.78, 5) is 3.79. The summed E-state index contributed by atoms with van der Waals surface area (Å²) < 4.78 is 34.3. The number of aryl methyl sites for hydroxylation is 1. The number of aromatic nitrogens is 2. The summed E-state index contributed by atoms with van der Waals surface area (Å²) >= 11 is 0. The van der Waals surface area contributed by atoms with Crippen molar-refractivity contribution in [2.24, 2.45) is 7.05 Å². The summed E-state index contributed by atoms with van der Waals surface area (Å²) in [6, 6.07) is 16.4. The van der Waals surface area contributed by atoms with E-state index < -0.39 is 10.0 Å². The first-order valence-electron chi connectivity index (χ1n) is 7.52. The van der Waals surface area contributed by atoms with Gasteiger partial charge in [0.1, 0.15) is 12.4 Å². The zero-order valence-corrected chi connectivity index (χ0v) is 14.4. The van der Waals surface area contributed by atoms with Crippen LogP contribution in [0.25, 0.3) is 0 Å². The standard InChI is InChI=1S/C17H18N4O3S/c1-21-12-19-16(18)17(21)25(22,23)20-14-7-9-15(10-8-14)24-11-13-5-3-2-4-6-13/h2-10,12,20H,11,18H2,1H3. The topological polar surface area (TPSA) is 99.2 Å². The fourth-order valence-electron chi connectivity index (χ4n) is 2.33. The summed E-state index contributed by atoms with van der Waals surface area (Å²) in [5.74, 6) is 0.602. The molecule has 0 saturated heterocycles. The Labute approximate surface area is 146 Å². The van der Waals surface area contributed by atoms with Crippen LogP contribution in [-0.4, -0.2) is 18.0 Å². The molecule has 0 aliphatic rings. The Kier molecular flexibility index (Phi) is 4.62. The van der Waals surface area contributed by atoms with Crippen molar-refractivity contribution < 1.29 is 13.2 Å². The fourth-order valence-corrected chi connectivity index (χ4v) is 3.63. The van der Waals surface area contributed by atoms with Crippen molar-refractivity contribution in [2.75, 3.05) is 10.5 Å². The Morgan fingerprint density at radius 1 is 1.12 bits per heavy atom. The van der Waals surface area contributed by atoms with Gasteiger partial charge in [0.05, 0.1) is 6.33 Å². The first kappa shape index (κ1) is 16.8. The zero-order chi connectivity index (χ0) is 17.9. The molecule has 3 aromatic rings. The fraction of sp³-hybridized carbons (Fsp3) is 0.118. The lowest BCUT2D eigenvalue weighted by atomic mass is 10.2. The number of nitrogens with zero attached hydrogens (tertiary/aromatic N) is 2. The third-order valence-electron chi connectivity index (χ3n) is 3.52. The molecule has 0 aliphatic heterocycles. The molecule has 0 unspecified atom stereocenters. The van der Waals surface area contributed by atoms with Gasteiger partial charge in [0.15, 0.2) is 10.8 Å². The molecule has 130 valence electrons. The normalized spacial score (nSPS) is 11.2. The van der Waals surface area contributed by atoms with Crippen LogP contribution in [-0.2, 0) is 23.7 Å². The van der Waals surface area contributed by atoms with E-state index in [1.807, 2.05) is 30.3 Å². The molecule has 1 heterocycles. The average Bonchev–Trinajstić information content (AvgIpc) is 2.94. The average molecular weight is 358 g/mol. The second kappa shape index (κ2) is 6.86. The van der Waals surface area contributed by atoms with E-state index >= 15 is 0 Å². The van der Waals surface area contributed by atoms with Crippen LogP contribution < -0.4 is 15.2 Å². The van der Waals surface area contributed by atoms with Crippen molar-refractivity contribution in [1.82, 2.24) is 9.55 Å². The van der Waals surface area contributed by atoms with Gasteiger partial charge in [-0.25, -0.2) is 4.98 Å². The van der Waals surface area contributed by atoms with Gasteiger partial charge in [-0.2, -0.15) is 8.42 Å². The highest BCUT2D eigenvalue weighted by molar-refractivity contribution is 7.92. The van der Waals surface area contributed by atoms with E-state index in [0.29, 0.717) is 18.0 Å². The zero-order valence-electron chi connectivity index (χ0n) is 13.6. The van der Waals surface area contributed by atoms with Crippen LogP contribution in [0.1, 0.15) is 5.56 Å². The molecule has 2 aromatic carbocycles. The highest BCUT2D eigenvalue weighted by Crippen LogP contribution is 2.22. The van der Waals surface area contributed by atoms with Crippen LogP contribution in [0.4, 0.5) is 11.5 Å². The van der Waals surface area contributed by atoms with Gasteiger partial charge in [-0.3, -0.25) is 4.72 Å². The molecule has 7 nitrogen and oxygen atoms in total. The molecular formula is C17H18N4O3S. The lowest BCUT2D eigenvalue weighted by Gasteiger charge is -2.10. The minimum Gasteiger partial charge on any atom is -0.489 e. The molecule has 3 rings (SSSR count). The van der Waals surface area contributed by atoms with E-state index in [9.17, 15) is 8.42 Å². The summed E-state index contributed by atoms with van der Waals surface area (Å²) in [7, 11) is -2.25. The number of rotatable bonds is 6. The maximum atomic E-state index is 12.4. The number of anilines is 2. The molecular weight excluding hydrogens is 340 g/mol. The van der Waals surface area contributed by atoms with Gasteiger partial charge in [0.25, 0.3) is 10.0 Å². The van der Waals surface area contributed by atoms with E-state index in [1.54, 1.807) is 31.3 Å². The maximum absolute atomic E-state index is 12.4. The first-order valence-corrected chi connectivity index (χ1v) is 9.00. The second-order valence-electron chi connectivity index (χ2n) is 5.45. The maximum Gasteiger partial charge on any atom is 0.281 e. The number of nitrogen functional groups attached to an aromatic ring is 1. The number of nitrogens with one attached hydrogen (secondary N) is 1. The molecule has 8 heteroatoms. The Bertz CT molecular complexity index is 932. The number of nitrogens with two attached hydrogens (primary N) is 1. The van der Waals surface area contributed by atoms with Crippen molar-refractivity contribution >= 4 is 21.5 Å². The van der Waals surface area contributed by atoms with Crippen LogP contribution in [0.3, 0.4) is 0 Å². The number of ether oxygens (including phenoxy) is 1. The molecule has 0 radical (unpaired) electrons. The number of hydrogen-bond donors (Lipinski definition) is 2. The van der Waals surface area contributed by atoms with Crippen molar-refractivity contribution in [1.29, 1.82) is 0 Å². The predicted molar refractivity (Wildman–Crippen MR) is 95.6 cm³/mol. The molecule has 0 amide bonds. The minimum atomic E-state index is -3.81. The molecule has 0 saturated carbocycles. The van der Waals surface area contributed by atoms with Crippen molar-refractivity contribution in [2.45, 2.75) is 11.6 Å². The van der Waals surface area contributed by atoms with E-state index in [4.69, 9.17) is 10.5 Å². The Balaban J connectivity index is 1.68. The van der Waals surface area contributed by atoms with Gasteiger partial charge < -0.3 is 15.0 Å². The largest absolute Gasteiger partial charge is 0.489 e. The van der Waals surface area contributed by atoms with Crippen LogP contribution in [0.2, 0.25) is 0 Å². The Morgan fingerprint density at radius 3 is 2.40 bits per heavy atom. The van der Waals surface area contributed by atoms with E-state index in [1.165, 1.54) is 10.9 Å². The van der Waals surface area contributed by atoms with Crippen molar-refractivity contribution in [3.8, 4) is 5.75 Å². The Hall–Kier alpha value is -3.00. The van der Waals surface area contributed by atoms with Gasteiger partial charge in [-0.1, -0.05) is 30.3 Å². The van der Waals surface area contributed by atoms with Crippen LogP contribution >= 0.6 is 0 Å². The van der Waals surface area contributed by atoms with Gasteiger partial charge in [0, 0.05) is 12.7 Å². The van der Waals surface area contributed by atoms with E-state index in [2.05, 4.69) is 9.71 Å². The third kappa shape index (κ3) is 3.92. The lowest BCUT2D eigenvalue weighted by Crippen LogP contribution is -2.17. The number of sulfonamides is 1. The SMILES string of the molecule is Cn1cnc(N)c1S(=O)(=O)Nc1ccc(OCc2ccccc2)cc1. The molecule has 25 heavy (non-hydrogen) atoms. The summed E-state index contributed by atoms with van der Waals surface area (Å²) in [5.41, 5.74) is 7.09. The van der Waals surface area contributed by atoms with E-state index in [-0.39, 0.29) is 10.8 Å². The second-order valence-corrected chi connectivity index (χ2v) is 7.05. The first-order chi connectivity index (χ1) is 12.0. The number of hydrogen-bond acceptors (Lipinski definition) is 5. The number of imidazole rings is 1. The van der Waals surface area contributed by atoms with Crippen molar-refractivity contribution in [3.05, 3.63) is 66.5 Å². The van der Waals surface area contributed by atoms with Gasteiger partial charge >= 0.3 is 0 Å². The minimum absolute atomic E-state index is 0.0437. The number of benzene rings is 2. The lowest BCUT2D eigenvalue weighted by molar-refractivity contribution is 0.306. The quantitative estimate of drug-likeness (QED) is 0.705. The Morgan fingerprint density at radius 2 is 1.80 bits per heavy atom. The van der Waals surface area contributed by atoms with E-state index in [0.717, 1.165) is 5.56 Å². The summed E-state index contributed by atoms with van der Waals surface area (Å²) in [6.45, 7) is 0.442. The summed E-state index contributed by atoms with van der Waals surface area (Å²) in [6.07, 6.45) is 1.35. The van der Waals surface area contributed by atoms with Crippen molar-refractivity contribution in [3.63, 3.8) is 0 Å².